The highest BCUT2D eigenvalue weighted by atomic mass is 32.2. The van der Waals surface area contributed by atoms with Gasteiger partial charge in [0.1, 0.15) is 6.10 Å². The summed E-state index contributed by atoms with van der Waals surface area (Å²) in [6, 6.07) is -1.15. The Morgan fingerprint density at radius 3 is 1.09 bits per heavy atom. The summed E-state index contributed by atoms with van der Waals surface area (Å²) >= 11 is 0. The first-order valence-electron chi connectivity index (χ1n) is 24.0. The van der Waals surface area contributed by atoms with Gasteiger partial charge in [-0.05, 0) is 38.5 Å². The van der Waals surface area contributed by atoms with Crippen LogP contribution in [-0.4, -0.2) is 53.1 Å². The lowest BCUT2D eigenvalue weighted by molar-refractivity contribution is -0.131. The SMILES string of the molecule is CCCCCCCCCC/C=C\CCCCCCCCC(O)C(=O)NC(CS(=O)(=O)O)C(O)CCCCCCCCCCCCCCCCCCCCCC. The summed E-state index contributed by atoms with van der Waals surface area (Å²) in [4.78, 5) is 12.7. The van der Waals surface area contributed by atoms with Gasteiger partial charge in [0.15, 0.2) is 0 Å². The zero-order chi connectivity index (χ0) is 40.5. The van der Waals surface area contributed by atoms with Gasteiger partial charge in [-0.15, -0.1) is 0 Å². The second-order valence-corrected chi connectivity index (χ2v) is 18.4. The fraction of sp³-hybridized carbons (Fsp3) is 0.936. The largest absolute Gasteiger partial charge is 0.391 e. The molecule has 0 aliphatic heterocycles. The molecule has 0 aromatic carbocycles. The monoisotopic (exact) mass is 800 g/mol. The number of carbonyl (C=O) groups excluding carboxylic acids is 1. The molecule has 0 aromatic heterocycles. The smallest absolute Gasteiger partial charge is 0.266 e. The van der Waals surface area contributed by atoms with Crippen molar-refractivity contribution >= 4 is 16.0 Å². The van der Waals surface area contributed by atoms with E-state index in [0.717, 1.165) is 51.4 Å². The second kappa shape index (κ2) is 41.2. The second-order valence-electron chi connectivity index (χ2n) is 16.9. The van der Waals surface area contributed by atoms with Crippen LogP contribution in [0.25, 0.3) is 0 Å². The Labute approximate surface area is 342 Å². The van der Waals surface area contributed by atoms with Crippen molar-refractivity contribution in [3.8, 4) is 0 Å². The minimum atomic E-state index is -4.41. The number of hydrogen-bond donors (Lipinski definition) is 4. The van der Waals surface area contributed by atoms with Gasteiger partial charge in [0.25, 0.3) is 10.1 Å². The van der Waals surface area contributed by atoms with Gasteiger partial charge in [0.2, 0.25) is 5.91 Å². The van der Waals surface area contributed by atoms with Crippen molar-refractivity contribution in [2.75, 3.05) is 5.75 Å². The van der Waals surface area contributed by atoms with Crippen molar-refractivity contribution in [1.82, 2.24) is 5.32 Å². The summed E-state index contributed by atoms with van der Waals surface area (Å²) in [5.74, 6) is -1.45. The fourth-order valence-electron chi connectivity index (χ4n) is 7.63. The Balaban J connectivity index is 3.88. The lowest BCUT2D eigenvalue weighted by atomic mass is 10.0. The first kappa shape index (κ1) is 54.0. The minimum Gasteiger partial charge on any atom is -0.391 e. The Morgan fingerprint density at radius 2 is 0.764 bits per heavy atom. The minimum absolute atomic E-state index is 0.293. The molecule has 0 fully saturated rings. The van der Waals surface area contributed by atoms with Gasteiger partial charge in [-0.3, -0.25) is 9.35 Å². The summed E-state index contributed by atoms with van der Waals surface area (Å²) in [7, 11) is -4.41. The molecule has 0 aromatic rings. The third kappa shape index (κ3) is 41.0. The predicted molar refractivity (Wildman–Crippen MR) is 236 cm³/mol. The van der Waals surface area contributed by atoms with Crippen LogP contribution in [-0.2, 0) is 14.9 Å². The van der Waals surface area contributed by atoms with Gasteiger partial charge < -0.3 is 15.5 Å². The van der Waals surface area contributed by atoms with Gasteiger partial charge in [-0.25, -0.2) is 0 Å². The molecule has 0 aliphatic carbocycles. The Bertz CT molecular complexity index is 942. The zero-order valence-corrected chi connectivity index (χ0v) is 37.3. The highest BCUT2D eigenvalue weighted by molar-refractivity contribution is 7.85. The molecule has 0 saturated heterocycles. The number of unbranched alkanes of at least 4 members (excludes halogenated alkanes) is 33. The molecule has 0 saturated carbocycles. The average molecular weight is 800 g/mol. The molecule has 4 N–H and O–H groups in total. The Hall–Kier alpha value is -0.960. The first-order valence-corrected chi connectivity index (χ1v) is 25.6. The molecule has 0 rings (SSSR count). The maximum atomic E-state index is 12.7. The van der Waals surface area contributed by atoms with E-state index in [1.807, 2.05) is 0 Å². The summed E-state index contributed by atoms with van der Waals surface area (Å²) < 4.78 is 32.7. The lowest BCUT2D eigenvalue weighted by Crippen LogP contribution is -2.50. The molecule has 1 amide bonds. The molecule has 0 radical (unpaired) electrons. The standard InChI is InChI=1S/C47H93NO6S/c1-3-5-7-9-11-13-15-17-19-21-23-24-26-27-29-31-33-35-37-39-41-45(49)44(43-55(52,53)54)48-47(51)46(50)42-40-38-36-34-32-30-28-25-22-20-18-16-14-12-10-8-6-4-2/h22,25,44-46,49-50H,3-21,23-24,26-43H2,1-2H3,(H,48,51)(H,52,53,54)/b25-22-. The van der Waals surface area contributed by atoms with Gasteiger partial charge in [0.05, 0.1) is 17.9 Å². The van der Waals surface area contributed by atoms with E-state index in [-0.39, 0.29) is 0 Å². The number of allylic oxidation sites excluding steroid dienone is 2. The molecule has 55 heavy (non-hydrogen) atoms. The fourth-order valence-corrected chi connectivity index (χ4v) is 8.39. The molecule has 0 heterocycles. The topological polar surface area (TPSA) is 124 Å². The summed E-state index contributed by atoms with van der Waals surface area (Å²) in [6.07, 6.45) is 48.0. The Kier molecular flexibility index (Phi) is 40.5. The van der Waals surface area contributed by atoms with Crippen molar-refractivity contribution in [3.05, 3.63) is 12.2 Å². The van der Waals surface area contributed by atoms with Crippen molar-refractivity contribution in [3.63, 3.8) is 0 Å². The van der Waals surface area contributed by atoms with Gasteiger partial charge in [-0.2, -0.15) is 8.42 Å². The van der Waals surface area contributed by atoms with E-state index in [9.17, 15) is 28.0 Å². The molecule has 7 nitrogen and oxygen atoms in total. The number of nitrogens with one attached hydrogen (secondary N) is 1. The van der Waals surface area contributed by atoms with Crippen LogP contribution in [0.1, 0.15) is 258 Å². The molecule has 0 aliphatic rings. The van der Waals surface area contributed by atoms with Crippen LogP contribution in [0.4, 0.5) is 0 Å². The molecule has 8 heteroatoms. The van der Waals surface area contributed by atoms with Crippen molar-refractivity contribution in [2.24, 2.45) is 0 Å². The van der Waals surface area contributed by atoms with Crippen LogP contribution < -0.4 is 5.32 Å². The van der Waals surface area contributed by atoms with Gasteiger partial charge in [-0.1, -0.05) is 231 Å². The molecule has 3 atom stereocenters. The van der Waals surface area contributed by atoms with E-state index in [0.29, 0.717) is 19.3 Å². The number of hydrogen-bond acceptors (Lipinski definition) is 5. The molecule has 328 valence electrons. The number of rotatable bonds is 44. The summed E-state index contributed by atoms with van der Waals surface area (Å²) in [6.45, 7) is 4.54. The van der Waals surface area contributed by atoms with Crippen LogP contribution in [0.2, 0.25) is 0 Å². The molecular formula is C47H93NO6S. The van der Waals surface area contributed by atoms with E-state index in [1.54, 1.807) is 0 Å². The highest BCUT2D eigenvalue weighted by Gasteiger charge is 2.28. The zero-order valence-electron chi connectivity index (χ0n) is 36.4. The lowest BCUT2D eigenvalue weighted by Gasteiger charge is -2.24. The van der Waals surface area contributed by atoms with E-state index in [1.165, 1.54) is 173 Å². The van der Waals surface area contributed by atoms with Crippen LogP contribution >= 0.6 is 0 Å². The third-order valence-corrected chi connectivity index (χ3v) is 12.1. The molecule has 3 unspecified atom stereocenters. The van der Waals surface area contributed by atoms with Crippen LogP contribution in [0.5, 0.6) is 0 Å². The normalized spacial score (nSPS) is 13.8. The van der Waals surface area contributed by atoms with Crippen LogP contribution in [0.15, 0.2) is 12.2 Å². The maximum Gasteiger partial charge on any atom is 0.266 e. The maximum absolute atomic E-state index is 12.7. The predicted octanol–water partition coefficient (Wildman–Crippen LogP) is 13.5. The van der Waals surface area contributed by atoms with E-state index in [4.69, 9.17) is 0 Å². The average Bonchev–Trinajstić information content (AvgIpc) is 3.15. The Morgan fingerprint density at radius 1 is 0.473 bits per heavy atom. The van der Waals surface area contributed by atoms with E-state index >= 15 is 0 Å². The number of amides is 1. The number of aliphatic hydroxyl groups is 2. The van der Waals surface area contributed by atoms with Crippen LogP contribution in [0.3, 0.4) is 0 Å². The van der Waals surface area contributed by atoms with Crippen LogP contribution in [0, 0.1) is 0 Å². The summed E-state index contributed by atoms with van der Waals surface area (Å²) in [5, 5.41) is 23.6. The van der Waals surface area contributed by atoms with Crippen molar-refractivity contribution in [2.45, 2.75) is 276 Å². The van der Waals surface area contributed by atoms with Gasteiger partial charge in [0, 0.05) is 0 Å². The molecule has 0 spiro atoms. The number of aliphatic hydroxyl groups excluding tert-OH is 2. The van der Waals surface area contributed by atoms with Crippen molar-refractivity contribution in [1.29, 1.82) is 0 Å². The first-order chi connectivity index (χ1) is 26.7. The molecular weight excluding hydrogens is 707 g/mol. The van der Waals surface area contributed by atoms with E-state index < -0.39 is 40.0 Å². The highest BCUT2D eigenvalue weighted by Crippen LogP contribution is 2.17. The third-order valence-electron chi connectivity index (χ3n) is 11.3. The quantitative estimate of drug-likeness (QED) is 0.0276. The molecule has 0 bridgehead atoms. The number of carbonyl (C=O) groups is 1. The van der Waals surface area contributed by atoms with Gasteiger partial charge >= 0.3 is 0 Å². The summed E-state index contributed by atoms with van der Waals surface area (Å²) in [5.41, 5.74) is 0. The van der Waals surface area contributed by atoms with E-state index in [2.05, 4.69) is 31.3 Å². The van der Waals surface area contributed by atoms with Crippen molar-refractivity contribution < 1.29 is 28.0 Å².